The number of aliphatic carboxylic acids is 1. The van der Waals surface area contributed by atoms with Crippen LogP contribution in [0.5, 0.6) is 0 Å². The smallest absolute Gasteiger partial charge is 0.475 e. The number of rotatable bonds is 1. The molecule has 2 rings (SSSR count). The molecule has 0 fully saturated rings. The van der Waals surface area contributed by atoms with Gasteiger partial charge in [0.1, 0.15) is 0 Å². The van der Waals surface area contributed by atoms with Crippen molar-refractivity contribution >= 4 is 23.1 Å². The lowest BCUT2D eigenvalue weighted by atomic mass is 10.0. The quantitative estimate of drug-likeness (QED) is 0.836. The van der Waals surface area contributed by atoms with E-state index in [1.807, 2.05) is 18.2 Å². The number of halogens is 4. The van der Waals surface area contributed by atoms with Crippen molar-refractivity contribution in [2.24, 2.45) is 0 Å². The molecule has 1 aromatic rings. The normalized spacial score (nSPS) is 14.9. The fourth-order valence-corrected chi connectivity index (χ4v) is 1.76. The number of nitrogens with one attached hydrogen (secondary N) is 1. The lowest BCUT2D eigenvalue weighted by molar-refractivity contribution is -0.192. The molecule has 0 radical (unpaired) electrons. The first kappa shape index (κ1) is 16.5. The first-order chi connectivity index (χ1) is 9.30. The zero-order valence-electron chi connectivity index (χ0n) is 10.4. The molecule has 0 saturated carbocycles. The largest absolute Gasteiger partial charge is 0.490 e. The first-order valence-corrected chi connectivity index (χ1v) is 6.14. The predicted molar refractivity (Wildman–Crippen MR) is 70.6 cm³/mol. The molecule has 0 aliphatic carbocycles. The summed E-state index contributed by atoms with van der Waals surface area (Å²) in [7, 11) is 0. The molecule has 1 aliphatic heterocycles. The molecule has 0 spiro atoms. The minimum Gasteiger partial charge on any atom is -0.475 e. The molecular formula is C13H13ClF3NO2. The lowest BCUT2D eigenvalue weighted by Crippen LogP contribution is -2.21. The van der Waals surface area contributed by atoms with Crippen LogP contribution in [-0.2, 0) is 4.79 Å². The summed E-state index contributed by atoms with van der Waals surface area (Å²) in [6.07, 6.45) is -1.75. The van der Waals surface area contributed by atoms with E-state index < -0.39 is 12.1 Å². The van der Waals surface area contributed by atoms with Crippen molar-refractivity contribution in [2.45, 2.75) is 12.6 Å². The summed E-state index contributed by atoms with van der Waals surface area (Å²) in [4.78, 5) is 8.90. The molecule has 0 saturated heterocycles. The number of carboxylic acids is 1. The van der Waals surface area contributed by atoms with Crippen molar-refractivity contribution in [3.05, 3.63) is 40.9 Å². The number of alkyl halides is 3. The van der Waals surface area contributed by atoms with Gasteiger partial charge in [-0.1, -0.05) is 29.8 Å². The van der Waals surface area contributed by atoms with Crippen molar-refractivity contribution in [1.82, 2.24) is 5.32 Å². The van der Waals surface area contributed by atoms with Crippen LogP contribution in [0.4, 0.5) is 13.2 Å². The van der Waals surface area contributed by atoms with Gasteiger partial charge in [-0.25, -0.2) is 4.79 Å². The highest BCUT2D eigenvalue weighted by atomic mass is 35.5. The van der Waals surface area contributed by atoms with E-state index in [1.165, 1.54) is 11.1 Å². The molecule has 1 heterocycles. The molecule has 0 unspecified atom stereocenters. The number of hydrogen-bond donors (Lipinski definition) is 2. The molecule has 110 valence electrons. The predicted octanol–water partition coefficient (Wildman–Crippen LogP) is 3.35. The molecule has 0 amide bonds. The molecule has 0 bridgehead atoms. The molecular weight excluding hydrogens is 295 g/mol. The average Bonchev–Trinajstić information content (AvgIpc) is 2.39. The average molecular weight is 308 g/mol. The van der Waals surface area contributed by atoms with Crippen molar-refractivity contribution in [3.63, 3.8) is 0 Å². The van der Waals surface area contributed by atoms with Crippen LogP contribution in [0.15, 0.2) is 30.3 Å². The highest BCUT2D eigenvalue weighted by Crippen LogP contribution is 2.22. The Kier molecular flexibility index (Phi) is 6.04. The Morgan fingerprint density at radius 1 is 1.35 bits per heavy atom. The Morgan fingerprint density at radius 2 is 2.00 bits per heavy atom. The molecule has 1 aliphatic rings. The lowest BCUT2D eigenvalue weighted by Gasteiger charge is -2.14. The van der Waals surface area contributed by atoms with Gasteiger partial charge in [0, 0.05) is 11.6 Å². The van der Waals surface area contributed by atoms with Crippen molar-refractivity contribution in [3.8, 4) is 0 Å². The van der Waals surface area contributed by atoms with Gasteiger partial charge in [0.25, 0.3) is 0 Å². The van der Waals surface area contributed by atoms with E-state index in [9.17, 15) is 13.2 Å². The van der Waals surface area contributed by atoms with Crippen LogP contribution in [-0.4, -0.2) is 30.3 Å². The maximum Gasteiger partial charge on any atom is 0.490 e. The van der Waals surface area contributed by atoms with Crippen LogP contribution >= 0.6 is 11.6 Å². The van der Waals surface area contributed by atoms with Gasteiger partial charge in [0.05, 0.1) is 0 Å². The summed E-state index contributed by atoms with van der Waals surface area (Å²) in [5, 5.41) is 11.2. The second-order valence-corrected chi connectivity index (χ2v) is 4.43. The summed E-state index contributed by atoms with van der Waals surface area (Å²) in [6.45, 7) is 2.04. The van der Waals surface area contributed by atoms with Crippen LogP contribution in [0.3, 0.4) is 0 Å². The third-order valence-electron chi connectivity index (χ3n) is 2.50. The number of hydrogen-bond acceptors (Lipinski definition) is 2. The van der Waals surface area contributed by atoms with Gasteiger partial charge in [0.2, 0.25) is 0 Å². The fourth-order valence-electron chi connectivity index (χ4n) is 1.57. The Hall–Kier alpha value is -1.53. The minimum absolute atomic E-state index is 0.817. The number of carboxylic acid groups (broad SMARTS) is 1. The number of carbonyl (C=O) groups is 1. The second-order valence-electron chi connectivity index (χ2n) is 4.00. The summed E-state index contributed by atoms with van der Waals surface area (Å²) in [5.74, 6) is -2.76. The van der Waals surface area contributed by atoms with Gasteiger partial charge in [-0.05, 0) is 36.2 Å². The fraction of sp³-hybridized carbons (Fsp3) is 0.308. The maximum atomic E-state index is 10.6. The first-order valence-electron chi connectivity index (χ1n) is 5.76. The standard InChI is InChI=1S/C11H12ClN.C2HF3O2/c12-11-3-1-2-10(8-11)9-4-6-13-7-5-9;3-2(4,5)1(6)7/h1-4,8,13H,5-7H2;(H,6,7). The molecule has 0 atom stereocenters. The summed E-state index contributed by atoms with van der Waals surface area (Å²) >= 11 is 5.92. The van der Waals surface area contributed by atoms with E-state index in [0.717, 1.165) is 24.5 Å². The van der Waals surface area contributed by atoms with Crippen LogP contribution in [0.25, 0.3) is 5.57 Å². The van der Waals surface area contributed by atoms with Crippen molar-refractivity contribution in [1.29, 1.82) is 0 Å². The molecule has 3 nitrogen and oxygen atoms in total. The molecule has 0 aromatic heterocycles. The van der Waals surface area contributed by atoms with Gasteiger partial charge in [-0.3, -0.25) is 0 Å². The highest BCUT2D eigenvalue weighted by Gasteiger charge is 2.38. The van der Waals surface area contributed by atoms with Gasteiger partial charge in [0.15, 0.2) is 0 Å². The van der Waals surface area contributed by atoms with Crippen LogP contribution in [0, 0.1) is 0 Å². The monoisotopic (exact) mass is 307 g/mol. The van der Waals surface area contributed by atoms with E-state index in [0.29, 0.717) is 0 Å². The SMILES string of the molecule is Clc1cccc(C2=CCNCC2)c1.O=C(O)C(F)(F)F. The third-order valence-corrected chi connectivity index (χ3v) is 2.74. The molecule has 2 N–H and O–H groups in total. The van der Waals surface area contributed by atoms with Crippen molar-refractivity contribution in [2.75, 3.05) is 13.1 Å². The van der Waals surface area contributed by atoms with Crippen LogP contribution < -0.4 is 5.32 Å². The van der Waals surface area contributed by atoms with E-state index in [2.05, 4.69) is 17.5 Å². The summed E-state index contributed by atoms with van der Waals surface area (Å²) in [5.41, 5.74) is 2.66. The van der Waals surface area contributed by atoms with Gasteiger partial charge in [-0.15, -0.1) is 0 Å². The summed E-state index contributed by atoms with van der Waals surface area (Å²) in [6, 6.07) is 8.05. The van der Waals surface area contributed by atoms with Crippen molar-refractivity contribution < 1.29 is 23.1 Å². The topological polar surface area (TPSA) is 49.3 Å². The Bertz CT molecular complexity index is 501. The van der Waals surface area contributed by atoms with Gasteiger partial charge in [-0.2, -0.15) is 13.2 Å². The Balaban J connectivity index is 0.000000246. The van der Waals surface area contributed by atoms with E-state index in [4.69, 9.17) is 21.5 Å². The molecule has 1 aromatic carbocycles. The van der Waals surface area contributed by atoms with Gasteiger partial charge < -0.3 is 10.4 Å². The zero-order chi connectivity index (χ0) is 15.2. The second kappa shape index (κ2) is 7.31. The number of benzene rings is 1. The third kappa shape index (κ3) is 5.63. The minimum atomic E-state index is -5.08. The van der Waals surface area contributed by atoms with E-state index in [-0.39, 0.29) is 0 Å². The molecule has 20 heavy (non-hydrogen) atoms. The van der Waals surface area contributed by atoms with E-state index in [1.54, 1.807) is 0 Å². The van der Waals surface area contributed by atoms with Gasteiger partial charge >= 0.3 is 12.1 Å². The summed E-state index contributed by atoms with van der Waals surface area (Å²) < 4.78 is 31.7. The van der Waals surface area contributed by atoms with Crippen LogP contribution in [0.1, 0.15) is 12.0 Å². The molecule has 7 heteroatoms. The Labute approximate surface area is 119 Å². The Morgan fingerprint density at radius 3 is 2.45 bits per heavy atom. The highest BCUT2D eigenvalue weighted by molar-refractivity contribution is 6.30. The maximum absolute atomic E-state index is 10.6. The zero-order valence-corrected chi connectivity index (χ0v) is 11.1. The van der Waals surface area contributed by atoms with E-state index >= 15 is 0 Å². The van der Waals surface area contributed by atoms with Crippen LogP contribution in [0.2, 0.25) is 5.02 Å².